The molecule has 98 valence electrons. The van der Waals surface area contributed by atoms with Crippen molar-refractivity contribution >= 4 is 5.91 Å². The number of para-hydroxylation sites is 1. The Morgan fingerprint density at radius 3 is 2.53 bits per heavy atom. The maximum Gasteiger partial charge on any atom is 0.290 e. The molecular formula is C15H15NO3. The molecule has 2 aromatic rings. The second kappa shape index (κ2) is 5.18. The van der Waals surface area contributed by atoms with Crippen molar-refractivity contribution in [2.45, 2.75) is 12.8 Å². The summed E-state index contributed by atoms with van der Waals surface area (Å²) in [4.78, 5) is 13.9. The van der Waals surface area contributed by atoms with E-state index in [9.17, 15) is 4.79 Å². The van der Waals surface area contributed by atoms with Crippen molar-refractivity contribution in [3.8, 4) is 11.7 Å². The molecule has 0 bridgehead atoms. The van der Waals surface area contributed by atoms with Crippen LogP contribution < -0.4 is 4.74 Å². The number of furan rings is 1. The van der Waals surface area contributed by atoms with Crippen molar-refractivity contribution in [2.24, 2.45) is 0 Å². The Labute approximate surface area is 111 Å². The van der Waals surface area contributed by atoms with E-state index in [0.717, 1.165) is 25.9 Å². The summed E-state index contributed by atoms with van der Waals surface area (Å²) in [6, 6.07) is 12.7. The third-order valence-corrected chi connectivity index (χ3v) is 3.15. The topological polar surface area (TPSA) is 42.7 Å². The normalized spacial score (nSPS) is 14.6. The summed E-state index contributed by atoms with van der Waals surface area (Å²) in [5, 5.41) is 0. The van der Waals surface area contributed by atoms with Crippen LogP contribution in [-0.2, 0) is 0 Å². The highest BCUT2D eigenvalue weighted by molar-refractivity contribution is 5.91. The Hall–Kier alpha value is -2.23. The second-order valence-electron chi connectivity index (χ2n) is 4.53. The number of carbonyl (C=O) groups is 1. The molecule has 1 aliphatic rings. The summed E-state index contributed by atoms with van der Waals surface area (Å²) < 4.78 is 11.0. The van der Waals surface area contributed by atoms with Crippen molar-refractivity contribution in [1.29, 1.82) is 0 Å². The Kier molecular flexibility index (Phi) is 3.23. The van der Waals surface area contributed by atoms with Crippen LogP contribution in [0.3, 0.4) is 0 Å². The first-order chi connectivity index (χ1) is 9.33. The van der Waals surface area contributed by atoms with Crippen LogP contribution in [0, 0.1) is 0 Å². The first-order valence-corrected chi connectivity index (χ1v) is 6.45. The molecule has 0 unspecified atom stereocenters. The average molecular weight is 257 g/mol. The summed E-state index contributed by atoms with van der Waals surface area (Å²) in [7, 11) is 0. The number of nitrogens with zero attached hydrogens (tertiary/aromatic N) is 1. The van der Waals surface area contributed by atoms with Crippen LogP contribution in [0.4, 0.5) is 0 Å². The summed E-state index contributed by atoms with van der Waals surface area (Å²) in [6.07, 6.45) is 2.14. The first-order valence-electron chi connectivity index (χ1n) is 6.45. The van der Waals surface area contributed by atoms with Crippen LogP contribution in [0.5, 0.6) is 11.7 Å². The van der Waals surface area contributed by atoms with E-state index in [1.165, 1.54) is 0 Å². The van der Waals surface area contributed by atoms with Gasteiger partial charge in [-0.25, -0.2) is 0 Å². The highest BCUT2D eigenvalue weighted by Gasteiger charge is 2.22. The Morgan fingerprint density at radius 1 is 1.05 bits per heavy atom. The van der Waals surface area contributed by atoms with E-state index in [1.807, 2.05) is 35.2 Å². The molecule has 0 atom stereocenters. The van der Waals surface area contributed by atoms with E-state index >= 15 is 0 Å². The van der Waals surface area contributed by atoms with Crippen molar-refractivity contribution < 1.29 is 13.9 Å². The van der Waals surface area contributed by atoms with E-state index in [4.69, 9.17) is 9.15 Å². The summed E-state index contributed by atoms with van der Waals surface area (Å²) >= 11 is 0. The van der Waals surface area contributed by atoms with Gasteiger partial charge in [-0.2, -0.15) is 0 Å². The molecule has 0 aliphatic carbocycles. The molecular weight excluding hydrogens is 242 g/mol. The lowest BCUT2D eigenvalue weighted by Gasteiger charge is -2.12. The number of benzene rings is 1. The number of hydrogen-bond acceptors (Lipinski definition) is 3. The number of hydrogen-bond donors (Lipinski definition) is 0. The number of likely N-dealkylation sites (tertiary alicyclic amines) is 1. The summed E-state index contributed by atoms with van der Waals surface area (Å²) in [5.41, 5.74) is 0. The van der Waals surface area contributed by atoms with Gasteiger partial charge < -0.3 is 14.1 Å². The number of ether oxygens (including phenoxy) is 1. The van der Waals surface area contributed by atoms with Crippen LogP contribution in [0.2, 0.25) is 0 Å². The highest BCUT2D eigenvalue weighted by atomic mass is 16.6. The lowest BCUT2D eigenvalue weighted by Crippen LogP contribution is -2.27. The SMILES string of the molecule is O=C(c1ccc(Oc2ccccc2)o1)N1CCCC1. The highest BCUT2D eigenvalue weighted by Crippen LogP contribution is 2.24. The minimum atomic E-state index is -0.0552. The molecule has 0 N–H and O–H groups in total. The van der Waals surface area contributed by atoms with E-state index < -0.39 is 0 Å². The molecule has 4 heteroatoms. The third-order valence-electron chi connectivity index (χ3n) is 3.15. The fourth-order valence-electron chi connectivity index (χ4n) is 2.17. The van der Waals surface area contributed by atoms with Crippen LogP contribution in [0.15, 0.2) is 46.9 Å². The fourth-order valence-corrected chi connectivity index (χ4v) is 2.17. The predicted octanol–water partition coefficient (Wildman–Crippen LogP) is 3.31. The maximum atomic E-state index is 12.1. The number of amides is 1. The summed E-state index contributed by atoms with van der Waals surface area (Å²) in [5.74, 6) is 1.32. The maximum absolute atomic E-state index is 12.1. The van der Waals surface area contributed by atoms with Gasteiger partial charge in [0.25, 0.3) is 11.9 Å². The van der Waals surface area contributed by atoms with E-state index in [2.05, 4.69) is 0 Å². The quantitative estimate of drug-likeness (QED) is 0.847. The van der Waals surface area contributed by atoms with Crippen LogP contribution in [0.1, 0.15) is 23.4 Å². The summed E-state index contributed by atoms with van der Waals surface area (Å²) in [6.45, 7) is 1.63. The zero-order valence-electron chi connectivity index (χ0n) is 10.5. The van der Waals surface area contributed by atoms with Gasteiger partial charge in [-0.3, -0.25) is 4.79 Å². The minimum Gasteiger partial charge on any atom is -0.426 e. The van der Waals surface area contributed by atoms with Gasteiger partial charge in [0, 0.05) is 19.2 Å². The molecule has 4 nitrogen and oxygen atoms in total. The zero-order valence-corrected chi connectivity index (χ0v) is 10.5. The monoisotopic (exact) mass is 257 g/mol. The molecule has 0 radical (unpaired) electrons. The minimum absolute atomic E-state index is 0.0552. The van der Waals surface area contributed by atoms with Gasteiger partial charge in [-0.15, -0.1) is 0 Å². The van der Waals surface area contributed by atoms with Crippen LogP contribution in [-0.4, -0.2) is 23.9 Å². The third kappa shape index (κ3) is 2.62. The van der Waals surface area contributed by atoms with Gasteiger partial charge in [0.15, 0.2) is 5.76 Å². The van der Waals surface area contributed by atoms with Gasteiger partial charge in [-0.1, -0.05) is 18.2 Å². The molecule has 1 saturated heterocycles. The van der Waals surface area contributed by atoms with Crippen LogP contribution in [0.25, 0.3) is 0 Å². The first kappa shape index (κ1) is 11.8. The van der Waals surface area contributed by atoms with Crippen LogP contribution >= 0.6 is 0 Å². The average Bonchev–Trinajstić information content (AvgIpc) is 3.10. The Morgan fingerprint density at radius 2 is 1.79 bits per heavy atom. The molecule has 1 aromatic carbocycles. The molecule has 0 spiro atoms. The number of rotatable bonds is 3. The smallest absolute Gasteiger partial charge is 0.290 e. The lowest BCUT2D eigenvalue weighted by molar-refractivity contribution is 0.0756. The molecule has 3 rings (SSSR count). The van der Waals surface area contributed by atoms with Crippen molar-refractivity contribution in [2.75, 3.05) is 13.1 Å². The molecule has 1 fully saturated rings. The molecule has 1 aliphatic heterocycles. The molecule has 19 heavy (non-hydrogen) atoms. The lowest BCUT2D eigenvalue weighted by atomic mass is 10.3. The molecule has 2 heterocycles. The Balaban J connectivity index is 1.71. The van der Waals surface area contributed by atoms with Crippen molar-refractivity contribution in [3.63, 3.8) is 0 Å². The van der Waals surface area contributed by atoms with E-state index in [0.29, 0.717) is 17.5 Å². The Bertz CT molecular complexity index is 556. The second-order valence-corrected chi connectivity index (χ2v) is 4.53. The zero-order chi connectivity index (χ0) is 13.1. The van der Waals surface area contributed by atoms with E-state index in [1.54, 1.807) is 12.1 Å². The fraction of sp³-hybridized carbons (Fsp3) is 0.267. The van der Waals surface area contributed by atoms with Crippen molar-refractivity contribution in [3.05, 3.63) is 48.2 Å². The van der Waals surface area contributed by atoms with E-state index in [-0.39, 0.29) is 5.91 Å². The van der Waals surface area contributed by atoms with Gasteiger partial charge in [0.1, 0.15) is 5.75 Å². The van der Waals surface area contributed by atoms with Gasteiger partial charge >= 0.3 is 0 Å². The number of carbonyl (C=O) groups excluding carboxylic acids is 1. The molecule has 0 saturated carbocycles. The van der Waals surface area contributed by atoms with Crippen molar-refractivity contribution in [1.82, 2.24) is 4.90 Å². The van der Waals surface area contributed by atoms with Gasteiger partial charge in [0.2, 0.25) is 0 Å². The molecule has 1 amide bonds. The van der Waals surface area contributed by atoms with Gasteiger partial charge in [-0.05, 0) is 31.0 Å². The predicted molar refractivity (Wildman–Crippen MR) is 70.4 cm³/mol. The van der Waals surface area contributed by atoms with Gasteiger partial charge in [0.05, 0.1) is 0 Å². The molecule has 1 aromatic heterocycles. The standard InChI is InChI=1S/C15H15NO3/c17-15(16-10-4-5-11-16)13-8-9-14(19-13)18-12-6-2-1-3-7-12/h1-3,6-9H,4-5,10-11H2. The largest absolute Gasteiger partial charge is 0.426 e.